The summed E-state index contributed by atoms with van der Waals surface area (Å²) >= 11 is 0. The van der Waals surface area contributed by atoms with E-state index in [0.29, 0.717) is 37.0 Å². The van der Waals surface area contributed by atoms with Gasteiger partial charge in [-0.15, -0.1) is 0 Å². The second-order valence-corrected chi connectivity index (χ2v) is 11.3. The minimum atomic E-state index is -0.699. The standard InChI is InChI=1S/C31H42O5/c1-5-20(3)30(33)36-28-16-19(2)15-23-12-11-21(4)25(29(23)28)14-13-24-18-27(32)26(31(34)35-24)17-22-9-7-6-8-10-22/h6-12,15,19-21,24-29,32H,5,13-14,16-18H2,1-4H3. The summed E-state index contributed by atoms with van der Waals surface area (Å²) in [5, 5.41) is 10.8. The Labute approximate surface area is 216 Å². The molecule has 2 aliphatic carbocycles. The van der Waals surface area contributed by atoms with Crippen LogP contribution in [0.15, 0.2) is 54.1 Å². The van der Waals surface area contributed by atoms with Crippen LogP contribution in [-0.4, -0.2) is 35.4 Å². The summed E-state index contributed by atoms with van der Waals surface area (Å²) in [6.45, 7) is 8.35. The van der Waals surface area contributed by atoms with E-state index in [2.05, 4.69) is 32.1 Å². The number of rotatable bonds is 8. The Morgan fingerprint density at radius 2 is 1.92 bits per heavy atom. The summed E-state index contributed by atoms with van der Waals surface area (Å²) in [6, 6.07) is 9.79. The molecule has 1 heterocycles. The molecule has 3 aliphatic rings. The van der Waals surface area contributed by atoms with Crippen molar-refractivity contribution in [2.24, 2.45) is 35.5 Å². The minimum absolute atomic E-state index is 0.100. The van der Waals surface area contributed by atoms with Crippen LogP contribution < -0.4 is 0 Å². The molecular weight excluding hydrogens is 452 g/mol. The first-order valence-corrected chi connectivity index (χ1v) is 13.8. The first-order chi connectivity index (χ1) is 17.3. The normalized spacial score (nSPS) is 34.8. The zero-order chi connectivity index (χ0) is 25.8. The van der Waals surface area contributed by atoms with Crippen LogP contribution in [0.1, 0.15) is 65.4 Å². The van der Waals surface area contributed by atoms with Gasteiger partial charge in [-0.1, -0.05) is 76.3 Å². The maximum atomic E-state index is 12.8. The molecule has 1 aromatic rings. The highest BCUT2D eigenvalue weighted by Crippen LogP contribution is 2.45. The third kappa shape index (κ3) is 6.11. The van der Waals surface area contributed by atoms with Crippen molar-refractivity contribution in [2.45, 2.75) is 84.5 Å². The van der Waals surface area contributed by atoms with E-state index in [1.54, 1.807) is 0 Å². The number of allylic oxidation sites excluding steroid dienone is 3. The number of aliphatic hydroxyl groups is 1. The smallest absolute Gasteiger partial charge is 0.312 e. The number of hydrogen-bond donors (Lipinski definition) is 1. The summed E-state index contributed by atoms with van der Waals surface area (Å²) in [5.74, 6) is 0.125. The third-order valence-corrected chi connectivity index (χ3v) is 8.55. The van der Waals surface area contributed by atoms with Crippen molar-refractivity contribution in [2.75, 3.05) is 0 Å². The van der Waals surface area contributed by atoms with Crippen LogP contribution in [0, 0.1) is 35.5 Å². The number of carbonyl (C=O) groups excluding carboxylic acids is 2. The van der Waals surface area contributed by atoms with Crippen molar-refractivity contribution >= 4 is 11.9 Å². The monoisotopic (exact) mass is 494 g/mol. The molecule has 1 saturated heterocycles. The molecule has 9 unspecified atom stereocenters. The van der Waals surface area contributed by atoms with Gasteiger partial charge in [0.1, 0.15) is 12.2 Å². The van der Waals surface area contributed by atoms with Crippen molar-refractivity contribution in [3.05, 3.63) is 59.7 Å². The average Bonchev–Trinajstić information content (AvgIpc) is 2.85. The van der Waals surface area contributed by atoms with Crippen LogP contribution in [0.3, 0.4) is 0 Å². The van der Waals surface area contributed by atoms with Gasteiger partial charge in [0, 0.05) is 12.3 Å². The lowest BCUT2D eigenvalue weighted by Gasteiger charge is -2.43. The van der Waals surface area contributed by atoms with Crippen LogP contribution in [0.5, 0.6) is 0 Å². The lowest BCUT2D eigenvalue weighted by molar-refractivity contribution is -0.171. The highest BCUT2D eigenvalue weighted by molar-refractivity contribution is 5.74. The Morgan fingerprint density at radius 3 is 2.61 bits per heavy atom. The molecule has 1 aromatic carbocycles. The number of aliphatic hydroxyl groups excluding tert-OH is 1. The van der Waals surface area contributed by atoms with Gasteiger partial charge >= 0.3 is 11.9 Å². The van der Waals surface area contributed by atoms with Gasteiger partial charge in [-0.2, -0.15) is 0 Å². The number of carbonyl (C=O) groups is 2. The number of fused-ring (bicyclic) bond motifs is 1. The van der Waals surface area contributed by atoms with Crippen molar-refractivity contribution in [3.63, 3.8) is 0 Å². The van der Waals surface area contributed by atoms with Crippen LogP contribution in [0.2, 0.25) is 0 Å². The topological polar surface area (TPSA) is 72.8 Å². The van der Waals surface area contributed by atoms with E-state index in [-0.39, 0.29) is 36.0 Å². The number of esters is 2. The quantitative estimate of drug-likeness (QED) is 0.472. The molecule has 0 aromatic heterocycles. The number of benzene rings is 1. The Hall–Kier alpha value is -2.40. The van der Waals surface area contributed by atoms with E-state index in [4.69, 9.17) is 9.47 Å². The molecule has 1 aliphatic heterocycles. The fourth-order valence-electron chi connectivity index (χ4n) is 6.19. The number of hydrogen-bond acceptors (Lipinski definition) is 5. The van der Waals surface area contributed by atoms with Crippen LogP contribution in [0.4, 0.5) is 0 Å². The highest BCUT2D eigenvalue weighted by Gasteiger charge is 2.43. The van der Waals surface area contributed by atoms with E-state index >= 15 is 0 Å². The average molecular weight is 495 g/mol. The van der Waals surface area contributed by atoms with Gasteiger partial charge in [0.15, 0.2) is 0 Å². The van der Waals surface area contributed by atoms with E-state index in [0.717, 1.165) is 24.8 Å². The first kappa shape index (κ1) is 26.7. The molecule has 0 amide bonds. The molecule has 4 rings (SSSR count). The van der Waals surface area contributed by atoms with Gasteiger partial charge < -0.3 is 14.6 Å². The van der Waals surface area contributed by atoms with E-state index in [1.165, 1.54) is 5.57 Å². The van der Waals surface area contributed by atoms with Gasteiger partial charge in [-0.25, -0.2) is 0 Å². The second-order valence-electron chi connectivity index (χ2n) is 11.3. The second kappa shape index (κ2) is 11.8. The van der Waals surface area contributed by atoms with Gasteiger partial charge in [-0.05, 0) is 61.0 Å². The molecule has 0 radical (unpaired) electrons. The first-order valence-electron chi connectivity index (χ1n) is 13.8. The van der Waals surface area contributed by atoms with Crippen molar-refractivity contribution in [3.8, 4) is 0 Å². The molecule has 1 fully saturated rings. The summed E-state index contributed by atoms with van der Waals surface area (Å²) in [4.78, 5) is 25.5. The van der Waals surface area contributed by atoms with Gasteiger partial charge in [0.25, 0.3) is 0 Å². The van der Waals surface area contributed by atoms with Crippen molar-refractivity contribution < 1.29 is 24.2 Å². The maximum Gasteiger partial charge on any atom is 0.312 e. The van der Waals surface area contributed by atoms with Crippen molar-refractivity contribution in [1.29, 1.82) is 0 Å². The van der Waals surface area contributed by atoms with Crippen LogP contribution >= 0.6 is 0 Å². The molecule has 5 heteroatoms. The van der Waals surface area contributed by atoms with Crippen LogP contribution in [0.25, 0.3) is 0 Å². The molecular formula is C31H42O5. The summed E-state index contributed by atoms with van der Waals surface area (Å²) < 4.78 is 12.0. The molecule has 0 spiro atoms. The molecule has 1 N–H and O–H groups in total. The molecule has 36 heavy (non-hydrogen) atoms. The maximum absolute atomic E-state index is 12.8. The minimum Gasteiger partial charge on any atom is -0.462 e. The number of ether oxygens (including phenoxy) is 2. The summed E-state index contributed by atoms with van der Waals surface area (Å²) in [6.07, 6.45) is 9.82. The van der Waals surface area contributed by atoms with Crippen molar-refractivity contribution in [1.82, 2.24) is 0 Å². The Kier molecular flexibility index (Phi) is 8.71. The Bertz CT molecular complexity index is 966. The fourth-order valence-corrected chi connectivity index (χ4v) is 6.19. The largest absolute Gasteiger partial charge is 0.462 e. The predicted molar refractivity (Wildman–Crippen MR) is 140 cm³/mol. The van der Waals surface area contributed by atoms with E-state index < -0.39 is 12.0 Å². The van der Waals surface area contributed by atoms with E-state index in [9.17, 15) is 14.7 Å². The zero-order valence-corrected chi connectivity index (χ0v) is 22.1. The predicted octanol–water partition coefficient (Wildman–Crippen LogP) is 5.66. The Balaban J connectivity index is 1.41. The van der Waals surface area contributed by atoms with Crippen LogP contribution in [-0.2, 0) is 25.5 Å². The lowest BCUT2D eigenvalue weighted by Crippen LogP contribution is -2.44. The summed E-state index contributed by atoms with van der Waals surface area (Å²) in [5.41, 5.74) is 2.30. The van der Waals surface area contributed by atoms with Gasteiger partial charge in [0.2, 0.25) is 0 Å². The highest BCUT2D eigenvalue weighted by atomic mass is 16.6. The molecule has 196 valence electrons. The molecule has 9 atom stereocenters. The molecule has 0 bridgehead atoms. The van der Waals surface area contributed by atoms with E-state index in [1.807, 2.05) is 44.2 Å². The van der Waals surface area contributed by atoms with Gasteiger partial charge in [-0.3, -0.25) is 9.59 Å². The fraction of sp³-hybridized carbons (Fsp3) is 0.613. The molecule has 0 saturated carbocycles. The lowest BCUT2D eigenvalue weighted by atomic mass is 9.65. The summed E-state index contributed by atoms with van der Waals surface area (Å²) in [7, 11) is 0. The Morgan fingerprint density at radius 1 is 1.17 bits per heavy atom. The SMILES string of the molecule is CCC(C)C(=O)OC1CC(C)C=C2C=CC(C)C(CCC3CC(O)C(Cc4ccccc4)C(=O)O3)C21. The zero-order valence-electron chi connectivity index (χ0n) is 22.1. The third-order valence-electron chi connectivity index (χ3n) is 8.55. The molecule has 5 nitrogen and oxygen atoms in total. The number of cyclic esters (lactones) is 1. The van der Waals surface area contributed by atoms with Gasteiger partial charge in [0.05, 0.1) is 17.9 Å².